The van der Waals surface area contributed by atoms with Gasteiger partial charge < -0.3 is 9.64 Å². The van der Waals surface area contributed by atoms with Crippen molar-refractivity contribution >= 4 is 5.69 Å². The van der Waals surface area contributed by atoms with Crippen molar-refractivity contribution in [3.63, 3.8) is 0 Å². The summed E-state index contributed by atoms with van der Waals surface area (Å²) in [6, 6.07) is 22.0. The summed E-state index contributed by atoms with van der Waals surface area (Å²) in [5, 5.41) is 9.25. The first kappa shape index (κ1) is 15.1. The highest BCUT2D eigenvalue weighted by molar-refractivity contribution is 5.48. The zero-order valence-electron chi connectivity index (χ0n) is 12.4. The van der Waals surface area contributed by atoms with Crippen LogP contribution in [0.15, 0.2) is 60.7 Å². The predicted molar refractivity (Wildman–Crippen MR) is 84.7 cm³/mol. The molecule has 3 nitrogen and oxygen atoms in total. The summed E-state index contributed by atoms with van der Waals surface area (Å²) in [6.07, 6.45) is -0.178. The highest BCUT2D eigenvalue weighted by atomic mass is 16.5. The summed E-state index contributed by atoms with van der Waals surface area (Å²) in [5.74, 6) is 0. The van der Waals surface area contributed by atoms with Crippen LogP contribution in [0.2, 0.25) is 0 Å². The fourth-order valence-electron chi connectivity index (χ4n) is 2.28. The quantitative estimate of drug-likeness (QED) is 0.751. The second-order valence-corrected chi connectivity index (χ2v) is 4.94. The zero-order chi connectivity index (χ0) is 15.1. The topological polar surface area (TPSA) is 36.3 Å². The fourth-order valence-corrected chi connectivity index (χ4v) is 2.28. The van der Waals surface area contributed by atoms with E-state index in [9.17, 15) is 5.26 Å². The summed E-state index contributed by atoms with van der Waals surface area (Å²) in [4.78, 5) is 1.99. The number of rotatable bonds is 6. The summed E-state index contributed by atoms with van der Waals surface area (Å²) >= 11 is 0. The maximum Gasteiger partial charge on any atom is 0.128 e. The van der Waals surface area contributed by atoms with Crippen LogP contribution in [-0.4, -0.2) is 12.3 Å². The molecule has 0 amide bonds. The molecule has 0 saturated carbocycles. The molecule has 108 valence electrons. The van der Waals surface area contributed by atoms with E-state index in [1.54, 1.807) is 0 Å². The van der Waals surface area contributed by atoms with Gasteiger partial charge in [-0.1, -0.05) is 48.5 Å². The smallest absolute Gasteiger partial charge is 0.128 e. The first-order chi connectivity index (χ1) is 10.2. The Kier molecular flexibility index (Phi) is 5.36. The highest BCUT2D eigenvalue weighted by Gasteiger charge is 2.20. The fraction of sp³-hybridized carbons (Fsp3) is 0.278. The van der Waals surface area contributed by atoms with E-state index in [4.69, 9.17) is 4.74 Å². The van der Waals surface area contributed by atoms with Gasteiger partial charge in [0.1, 0.15) is 12.3 Å². The number of hydrogen-bond donors (Lipinski definition) is 0. The van der Waals surface area contributed by atoms with Gasteiger partial charge in [-0.15, -0.1) is 0 Å². The van der Waals surface area contributed by atoms with Crippen molar-refractivity contribution in [3.05, 3.63) is 66.2 Å². The van der Waals surface area contributed by atoms with Crippen LogP contribution in [0.5, 0.6) is 0 Å². The van der Waals surface area contributed by atoms with Crippen molar-refractivity contribution in [3.8, 4) is 6.07 Å². The highest BCUT2D eigenvalue weighted by Crippen LogP contribution is 2.20. The molecule has 0 aliphatic carbocycles. The minimum absolute atomic E-state index is 0.178. The van der Waals surface area contributed by atoms with E-state index in [-0.39, 0.29) is 12.3 Å². The standard InChI is InChI=1S/C18H20N2O/c1-15(13-19)20(18-11-7-4-8-12-18)16(2)21-14-17-9-5-3-6-10-17/h3-12,15-16H,14H2,1-2H3. The Morgan fingerprint density at radius 1 is 1.00 bits per heavy atom. The molecule has 0 N–H and O–H groups in total. The zero-order valence-corrected chi connectivity index (χ0v) is 12.4. The second-order valence-electron chi connectivity index (χ2n) is 4.94. The Balaban J connectivity index is 2.08. The molecule has 2 aromatic carbocycles. The van der Waals surface area contributed by atoms with Gasteiger partial charge in [-0.2, -0.15) is 5.26 Å². The molecule has 21 heavy (non-hydrogen) atoms. The van der Waals surface area contributed by atoms with E-state index in [0.29, 0.717) is 6.61 Å². The molecule has 0 aliphatic rings. The molecule has 0 aliphatic heterocycles. The third-order valence-corrected chi connectivity index (χ3v) is 3.38. The predicted octanol–water partition coefficient (Wildman–Crippen LogP) is 3.97. The van der Waals surface area contributed by atoms with Crippen LogP contribution >= 0.6 is 0 Å². The largest absolute Gasteiger partial charge is 0.354 e. The lowest BCUT2D eigenvalue weighted by Gasteiger charge is -2.33. The Morgan fingerprint density at radius 2 is 1.57 bits per heavy atom. The first-order valence-corrected chi connectivity index (χ1v) is 7.11. The van der Waals surface area contributed by atoms with Gasteiger partial charge >= 0.3 is 0 Å². The Morgan fingerprint density at radius 3 is 2.14 bits per heavy atom. The molecular formula is C18H20N2O. The van der Waals surface area contributed by atoms with Crippen molar-refractivity contribution in [2.24, 2.45) is 0 Å². The number of ether oxygens (including phenoxy) is 1. The van der Waals surface area contributed by atoms with Gasteiger partial charge in [-0.25, -0.2) is 0 Å². The van der Waals surface area contributed by atoms with E-state index in [1.165, 1.54) is 0 Å². The lowest BCUT2D eigenvalue weighted by molar-refractivity contribution is 0.0484. The molecule has 2 atom stereocenters. The normalized spacial score (nSPS) is 13.2. The van der Waals surface area contributed by atoms with Gasteiger partial charge in [0, 0.05) is 5.69 Å². The molecule has 0 heterocycles. The van der Waals surface area contributed by atoms with Gasteiger partial charge in [0.25, 0.3) is 0 Å². The van der Waals surface area contributed by atoms with Crippen molar-refractivity contribution in [1.82, 2.24) is 0 Å². The number of anilines is 1. The van der Waals surface area contributed by atoms with Crippen LogP contribution in [-0.2, 0) is 11.3 Å². The molecule has 0 radical (unpaired) electrons. The van der Waals surface area contributed by atoms with Crippen molar-refractivity contribution < 1.29 is 4.74 Å². The SMILES string of the molecule is CC(C#N)N(c1ccccc1)C(C)OCc1ccccc1. The average Bonchev–Trinajstić information content (AvgIpc) is 2.55. The molecule has 0 bridgehead atoms. The number of benzene rings is 2. The maximum absolute atomic E-state index is 9.25. The van der Waals surface area contributed by atoms with E-state index >= 15 is 0 Å². The van der Waals surface area contributed by atoms with Crippen LogP contribution in [0.3, 0.4) is 0 Å². The summed E-state index contributed by atoms with van der Waals surface area (Å²) in [6.45, 7) is 4.39. The van der Waals surface area contributed by atoms with Crippen LogP contribution in [0.1, 0.15) is 19.4 Å². The molecule has 0 aromatic heterocycles. The van der Waals surface area contributed by atoms with E-state index in [1.807, 2.05) is 79.4 Å². The van der Waals surface area contributed by atoms with Crippen molar-refractivity contribution in [2.75, 3.05) is 4.90 Å². The molecule has 2 rings (SSSR count). The second kappa shape index (κ2) is 7.47. The molecular weight excluding hydrogens is 260 g/mol. The summed E-state index contributed by atoms with van der Waals surface area (Å²) in [5.41, 5.74) is 2.12. The number of nitriles is 1. The maximum atomic E-state index is 9.25. The average molecular weight is 280 g/mol. The van der Waals surface area contributed by atoms with E-state index in [2.05, 4.69) is 6.07 Å². The van der Waals surface area contributed by atoms with Crippen molar-refractivity contribution in [1.29, 1.82) is 5.26 Å². The number of nitrogens with zero attached hydrogens (tertiary/aromatic N) is 2. The first-order valence-electron chi connectivity index (χ1n) is 7.11. The van der Waals surface area contributed by atoms with Crippen molar-refractivity contribution in [2.45, 2.75) is 32.7 Å². The van der Waals surface area contributed by atoms with E-state index < -0.39 is 0 Å². The monoisotopic (exact) mass is 280 g/mol. The molecule has 2 aromatic rings. The van der Waals surface area contributed by atoms with Gasteiger partial charge in [0.15, 0.2) is 0 Å². The molecule has 0 spiro atoms. The minimum atomic E-state index is -0.252. The van der Waals surface area contributed by atoms with E-state index in [0.717, 1.165) is 11.3 Å². The van der Waals surface area contributed by atoms with Gasteiger partial charge in [0.2, 0.25) is 0 Å². The Labute approximate surface area is 126 Å². The van der Waals surface area contributed by atoms with Gasteiger partial charge in [-0.05, 0) is 31.5 Å². The number of para-hydroxylation sites is 1. The molecule has 0 fully saturated rings. The van der Waals surface area contributed by atoms with Crippen LogP contribution in [0.25, 0.3) is 0 Å². The Bertz CT molecular complexity index is 577. The van der Waals surface area contributed by atoms with Crippen LogP contribution in [0.4, 0.5) is 5.69 Å². The van der Waals surface area contributed by atoms with Crippen LogP contribution in [0, 0.1) is 11.3 Å². The lowest BCUT2D eigenvalue weighted by atomic mass is 10.2. The molecule has 0 saturated heterocycles. The van der Waals surface area contributed by atoms with Gasteiger partial charge in [-0.3, -0.25) is 0 Å². The summed E-state index contributed by atoms with van der Waals surface area (Å²) in [7, 11) is 0. The van der Waals surface area contributed by atoms with Gasteiger partial charge in [0.05, 0.1) is 12.7 Å². The van der Waals surface area contributed by atoms with Crippen LogP contribution < -0.4 is 4.90 Å². The summed E-state index contributed by atoms with van der Waals surface area (Å²) < 4.78 is 5.94. The third-order valence-electron chi connectivity index (χ3n) is 3.38. The third kappa shape index (κ3) is 4.08. The minimum Gasteiger partial charge on any atom is -0.354 e. The number of hydrogen-bond acceptors (Lipinski definition) is 3. The molecule has 2 unspecified atom stereocenters. The molecule has 3 heteroatoms. The lowest BCUT2D eigenvalue weighted by Crippen LogP contribution is -2.41. The Hall–Kier alpha value is -2.31.